The Kier molecular flexibility index (Phi) is 4.14. The van der Waals surface area contributed by atoms with Crippen molar-refractivity contribution in [3.05, 3.63) is 33.0 Å². The number of rotatable bonds is 3. The molecule has 1 N–H and O–H groups in total. The summed E-state index contributed by atoms with van der Waals surface area (Å²) in [6.45, 7) is 1.41. The minimum atomic E-state index is -0.104. The Morgan fingerprint density at radius 2 is 1.86 bits per heavy atom. The molecule has 5 aliphatic rings. The summed E-state index contributed by atoms with van der Waals surface area (Å²) in [7, 11) is 0. The van der Waals surface area contributed by atoms with E-state index in [1.807, 2.05) is 17.5 Å². The number of carbonyl (C=O) groups excluding carboxylic acids is 2. The number of nitrogens with one attached hydrogen (secondary N) is 1. The molecule has 0 aromatic carbocycles. The Bertz CT molecular complexity index is 930. The van der Waals surface area contributed by atoms with Crippen LogP contribution in [0.3, 0.4) is 0 Å². The summed E-state index contributed by atoms with van der Waals surface area (Å²) in [5, 5.41) is 5.48. The first kappa shape index (κ1) is 18.1. The van der Waals surface area contributed by atoms with Crippen LogP contribution in [0.25, 0.3) is 0 Å². The van der Waals surface area contributed by atoms with Crippen molar-refractivity contribution in [1.29, 1.82) is 0 Å². The highest BCUT2D eigenvalue weighted by molar-refractivity contribution is 7.16. The monoisotopic (exact) mass is 427 g/mol. The Morgan fingerprint density at radius 1 is 1.14 bits per heavy atom. The molecule has 4 aliphatic carbocycles. The van der Waals surface area contributed by atoms with Gasteiger partial charge < -0.3 is 4.90 Å². The molecule has 152 valence electrons. The molecule has 2 aromatic heterocycles. The second kappa shape index (κ2) is 6.64. The number of anilines is 1. The Hall–Kier alpha value is -1.73. The quantitative estimate of drug-likeness (QED) is 0.781. The molecule has 2 amide bonds. The number of fused-ring (bicyclic) bond motifs is 1. The van der Waals surface area contributed by atoms with Gasteiger partial charge in [-0.15, -0.1) is 11.3 Å². The van der Waals surface area contributed by atoms with E-state index in [2.05, 4.69) is 15.2 Å². The Morgan fingerprint density at radius 3 is 2.52 bits per heavy atom. The van der Waals surface area contributed by atoms with Crippen LogP contribution in [-0.2, 0) is 17.8 Å². The Balaban J connectivity index is 1.18. The van der Waals surface area contributed by atoms with Gasteiger partial charge in [0.05, 0.1) is 22.5 Å². The molecule has 29 heavy (non-hydrogen) atoms. The van der Waals surface area contributed by atoms with Crippen LogP contribution < -0.4 is 5.32 Å². The maximum atomic E-state index is 13.6. The zero-order valence-electron chi connectivity index (χ0n) is 16.4. The summed E-state index contributed by atoms with van der Waals surface area (Å²) in [6, 6.07) is 3.69. The third kappa shape index (κ3) is 3.05. The van der Waals surface area contributed by atoms with Gasteiger partial charge in [0.25, 0.3) is 5.91 Å². The average Bonchev–Trinajstić information content (AvgIpc) is 3.35. The summed E-state index contributed by atoms with van der Waals surface area (Å²) < 4.78 is 0. The van der Waals surface area contributed by atoms with E-state index in [-0.39, 0.29) is 11.3 Å². The maximum Gasteiger partial charge on any atom is 0.267 e. The van der Waals surface area contributed by atoms with Crippen LogP contribution in [0.4, 0.5) is 5.13 Å². The number of amides is 2. The second-order valence-electron chi connectivity index (χ2n) is 9.49. The van der Waals surface area contributed by atoms with Crippen molar-refractivity contribution >= 4 is 39.6 Å². The van der Waals surface area contributed by atoms with Crippen molar-refractivity contribution in [2.45, 2.75) is 51.5 Å². The van der Waals surface area contributed by atoms with E-state index in [4.69, 9.17) is 0 Å². The highest BCUT2D eigenvalue weighted by Crippen LogP contribution is 2.60. The maximum absolute atomic E-state index is 13.6. The fraction of sp³-hybridized carbons (Fsp3) is 0.591. The van der Waals surface area contributed by atoms with Gasteiger partial charge in [-0.3, -0.25) is 14.9 Å². The van der Waals surface area contributed by atoms with Crippen molar-refractivity contribution in [2.75, 3.05) is 11.9 Å². The zero-order valence-corrected chi connectivity index (χ0v) is 18.0. The largest absolute Gasteiger partial charge is 0.337 e. The first-order valence-corrected chi connectivity index (χ1v) is 12.4. The third-order valence-electron chi connectivity index (χ3n) is 7.48. The molecule has 7 heteroatoms. The molecule has 3 heterocycles. The molecule has 2 aromatic rings. The molecule has 1 aliphatic heterocycles. The molecule has 7 rings (SSSR count). The SMILES string of the molecule is O=C(Nc1nc2c(s1)CN(C(=O)C13CC4CC(CC(C4)C1)C3)CC2)c1cccs1. The first-order chi connectivity index (χ1) is 14.1. The van der Waals surface area contributed by atoms with Gasteiger partial charge in [-0.1, -0.05) is 17.4 Å². The second-order valence-corrected chi connectivity index (χ2v) is 11.5. The molecule has 0 saturated heterocycles. The average molecular weight is 428 g/mol. The van der Waals surface area contributed by atoms with Crippen LogP contribution in [0.2, 0.25) is 0 Å². The number of thiophene rings is 1. The van der Waals surface area contributed by atoms with Gasteiger partial charge in [-0.2, -0.15) is 0 Å². The van der Waals surface area contributed by atoms with Gasteiger partial charge in [-0.25, -0.2) is 4.98 Å². The standard InChI is InChI=1S/C22H25N3O2S2/c26-19(17-2-1-5-28-17)24-21-23-16-3-4-25(12-18(16)29-21)20(27)22-9-13-6-14(10-22)8-15(7-13)11-22/h1-2,5,13-15H,3-4,6-12H2,(H,23,24,26). The predicted octanol–water partition coefficient (Wildman–Crippen LogP) is 4.56. The van der Waals surface area contributed by atoms with E-state index in [0.29, 0.717) is 22.5 Å². The summed E-state index contributed by atoms with van der Waals surface area (Å²) in [6.07, 6.45) is 8.22. The van der Waals surface area contributed by atoms with Gasteiger partial charge in [0.15, 0.2) is 5.13 Å². The molecule has 4 fully saturated rings. The number of thiazole rings is 1. The van der Waals surface area contributed by atoms with Gasteiger partial charge in [-0.05, 0) is 67.7 Å². The summed E-state index contributed by atoms with van der Waals surface area (Å²) in [5.74, 6) is 2.65. The summed E-state index contributed by atoms with van der Waals surface area (Å²) in [4.78, 5) is 34.5. The van der Waals surface area contributed by atoms with E-state index in [0.717, 1.165) is 60.6 Å². The van der Waals surface area contributed by atoms with Crippen molar-refractivity contribution in [1.82, 2.24) is 9.88 Å². The van der Waals surface area contributed by atoms with Crippen LogP contribution in [0.1, 0.15) is 58.8 Å². The van der Waals surface area contributed by atoms with Crippen LogP contribution in [0.15, 0.2) is 17.5 Å². The smallest absolute Gasteiger partial charge is 0.267 e. The topological polar surface area (TPSA) is 62.3 Å². The summed E-state index contributed by atoms with van der Waals surface area (Å²) in [5.41, 5.74) is 0.971. The van der Waals surface area contributed by atoms with E-state index >= 15 is 0 Å². The van der Waals surface area contributed by atoms with E-state index in [1.54, 1.807) is 0 Å². The zero-order chi connectivity index (χ0) is 19.6. The number of carbonyl (C=O) groups is 2. The predicted molar refractivity (Wildman–Crippen MR) is 114 cm³/mol. The lowest BCUT2D eigenvalue weighted by Gasteiger charge is -2.56. The lowest BCUT2D eigenvalue weighted by molar-refractivity contribution is -0.158. The van der Waals surface area contributed by atoms with Crippen molar-refractivity contribution in [3.8, 4) is 0 Å². The number of hydrogen-bond donors (Lipinski definition) is 1. The van der Waals surface area contributed by atoms with Crippen LogP contribution >= 0.6 is 22.7 Å². The van der Waals surface area contributed by atoms with Gasteiger partial charge in [0.2, 0.25) is 5.91 Å². The van der Waals surface area contributed by atoms with Gasteiger partial charge in [0, 0.05) is 17.8 Å². The normalized spacial score (nSPS) is 32.3. The molecular weight excluding hydrogens is 402 g/mol. The molecule has 5 nitrogen and oxygen atoms in total. The lowest BCUT2D eigenvalue weighted by Crippen LogP contribution is -2.55. The molecule has 4 saturated carbocycles. The van der Waals surface area contributed by atoms with Crippen molar-refractivity contribution in [3.63, 3.8) is 0 Å². The molecule has 0 unspecified atom stereocenters. The number of hydrogen-bond acceptors (Lipinski definition) is 5. The van der Waals surface area contributed by atoms with E-state index in [1.165, 1.54) is 41.9 Å². The lowest BCUT2D eigenvalue weighted by atomic mass is 9.49. The van der Waals surface area contributed by atoms with Crippen LogP contribution in [0, 0.1) is 23.2 Å². The third-order valence-corrected chi connectivity index (χ3v) is 9.34. The minimum Gasteiger partial charge on any atom is -0.337 e. The fourth-order valence-electron chi connectivity index (χ4n) is 6.70. The van der Waals surface area contributed by atoms with E-state index < -0.39 is 0 Å². The summed E-state index contributed by atoms with van der Waals surface area (Å²) >= 11 is 2.96. The van der Waals surface area contributed by atoms with Gasteiger partial charge in [0.1, 0.15) is 0 Å². The molecular formula is C22H25N3O2S2. The van der Waals surface area contributed by atoms with Crippen molar-refractivity contribution < 1.29 is 9.59 Å². The highest BCUT2D eigenvalue weighted by atomic mass is 32.1. The minimum absolute atomic E-state index is 0.0762. The first-order valence-electron chi connectivity index (χ1n) is 10.7. The van der Waals surface area contributed by atoms with Gasteiger partial charge >= 0.3 is 0 Å². The molecule has 4 bridgehead atoms. The fourth-order valence-corrected chi connectivity index (χ4v) is 8.33. The molecule has 0 radical (unpaired) electrons. The van der Waals surface area contributed by atoms with Crippen molar-refractivity contribution in [2.24, 2.45) is 23.2 Å². The molecule has 0 spiro atoms. The van der Waals surface area contributed by atoms with E-state index in [9.17, 15) is 9.59 Å². The Labute approximate surface area is 178 Å². The van der Waals surface area contributed by atoms with Crippen LogP contribution in [-0.4, -0.2) is 28.2 Å². The number of nitrogens with zero attached hydrogens (tertiary/aromatic N) is 2. The number of aromatic nitrogens is 1. The van der Waals surface area contributed by atoms with Crippen LogP contribution in [0.5, 0.6) is 0 Å². The highest BCUT2D eigenvalue weighted by Gasteiger charge is 2.55. The molecule has 0 atom stereocenters.